The molecule has 0 aliphatic heterocycles. The van der Waals surface area contributed by atoms with Crippen molar-refractivity contribution in [2.75, 3.05) is 12.3 Å². The van der Waals surface area contributed by atoms with Gasteiger partial charge in [0, 0.05) is 29.4 Å². The fraction of sp³-hybridized carbons (Fsp3) is 0.310. The predicted octanol–water partition coefficient (Wildman–Crippen LogP) is 6.30. The van der Waals surface area contributed by atoms with Gasteiger partial charge in [-0.1, -0.05) is 85.1 Å². The molecule has 1 unspecified atom stereocenters. The Morgan fingerprint density at radius 3 is 2.37 bits per heavy atom. The predicted molar refractivity (Wildman–Crippen MR) is 146 cm³/mol. The van der Waals surface area contributed by atoms with E-state index in [1.807, 2.05) is 79.7 Å². The number of rotatable bonds is 12. The molecule has 1 N–H and O–H groups in total. The van der Waals surface area contributed by atoms with E-state index in [0.717, 1.165) is 34.4 Å². The highest BCUT2D eigenvalue weighted by atomic mass is 35.5. The van der Waals surface area contributed by atoms with Crippen LogP contribution in [0.15, 0.2) is 83.8 Å². The van der Waals surface area contributed by atoms with E-state index < -0.39 is 6.04 Å². The first kappa shape index (κ1) is 26.8. The van der Waals surface area contributed by atoms with E-state index in [1.165, 1.54) is 11.8 Å². The lowest BCUT2D eigenvalue weighted by Gasteiger charge is -2.31. The molecule has 0 saturated heterocycles. The molecular formula is C29H33ClN2O2S. The van der Waals surface area contributed by atoms with Crippen LogP contribution < -0.4 is 5.32 Å². The number of carbonyl (C=O) groups excluding carboxylic acids is 2. The molecule has 3 aromatic rings. The van der Waals surface area contributed by atoms with E-state index in [-0.39, 0.29) is 17.6 Å². The van der Waals surface area contributed by atoms with Crippen LogP contribution >= 0.6 is 23.4 Å². The number of amides is 2. The largest absolute Gasteiger partial charge is 0.354 e. The van der Waals surface area contributed by atoms with E-state index in [0.29, 0.717) is 24.5 Å². The lowest BCUT2D eigenvalue weighted by molar-refractivity contribution is -0.139. The van der Waals surface area contributed by atoms with Crippen LogP contribution in [0.4, 0.5) is 0 Å². The van der Waals surface area contributed by atoms with Crippen molar-refractivity contribution < 1.29 is 9.59 Å². The Morgan fingerprint density at radius 1 is 0.971 bits per heavy atom. The van der Waals surface area contributed by atoms with Crippen LogP contribution in [0.25, 0.3) is 0 Å². The number of carbonyl (C=O) groups is 2. The van der Waals surface area contributed by atoms with Crippen LogP contribution in [0.3, 0.4) is 0 Å². The fourth-order valence-corrected chi connectivity index (χ4v) is 4.74. The number of nitrogens with one attached hydrogen (secondary N) is 1. The normalized spacial score (nSPS) is 11.6. The molecule has 6 heteroatoms. The van der Waals surface area contributed by atoms with Gasteiger partial charge in [-0.05, 0) is 48.7 Å². The quantitative estimate of drug-likeness (QED) is 0.231. The highest BCUT2D eigenvalue weighted by molar-refractivity contribution is 8.00. The van der Waals surface area contributed by atoms with E-state index >= 15 is 0 Å². The second kappa shape index (κ2) is 14.0. The maximum atomic E-state index is 13.6. The molecular weight excluding hydrogens is 476 g/mol. The molecule has 0 bridgehead atoms. The summed E-state index contributed by atoms with van der Waals surface area (Å²) < 4.78 is 0. The Labute approximate surface area is 218 Å². The Balaban J connectivity index is 1.87. The van der Waals surface area contributed by atoms with Crippen LogP contribution in [0.5, 0.6) is 0 Å². The first-order valence-corrected chi connectivity index (χ1v) is 13.4. The summed E-state index contributed by atoms with van der Waals surface area (Å²) in [5.74, 6) is 0.0545. The highest BCUT2D eigenvalue weighted by Crippen LogP contribution is 2.23. The summed E-state index contributed by atoms with van der Waals surface area (Å²) in [6.45, 7) is 5.10. The topological polar surface area (TPSA) is 49.4 Å². The molecule has 0 spiro atoms. The zero-order chi connectivity index (χ0) is 25.0. The number of aryl methyl sites for hydroxylation is 1. The Kier molecular flexibility index (Phi) is 10.7. The number of nitrogens with zero attached hydrogens (tertiary/aromatic N) is 1. The first-order valence-electron chi connectivity index (χ1n) is 12.0. The van der Waals surface area contributed by atoms with Crippen molar-refractivity contribution in [3.8, 4) is 0 Å². The van der Waals surface area contributed by atoms with Gasteiger partial charge in [-0.25, -0.2) is 0 Å². The van der Waals surface area contributed by atoms with Crippen molar-refractivity contribution >= 4 is 35.2 Å². The van der Waals surface area contributed by atoms with Crippen LogP contribution in [-0.4, -0.2) is 35.1 Å². The Bertz CT molecular complexity index is 1090. The standard InChI is InChI=1S/C29H33ClN2O2S/c1-3-4-17-31-29(34)27(19-23-10-6-5-7-11-23)32(20-24-12-8-9-22(2)18-24)28(33)21-35-26-15-13-25(30)14-16-26/h5-16,18,27H,3-4,17,19-21H2,1-2H3,(H,31,34). The van der Waals surface area contributed by atoms with E-state index in [1.54, 1.807) is 4.90 Å². The van der Waals surface area contributed by atoms with Crippen molar-refractivity contribution in [3.63, 3.8) is 0 Å². The SMILES string of the molecule is CCCCNC(=O)C(Cc1ccccc1)N(Cc1cccc(C)c1)C(=O)CSc1ccc(Cl)cc1. The van der Waals surface area contributed by atoms with Crippen LogP contribution in [0, 0.1) is 6.92 Å². The average molecular weight is 509 g/mol. The van der Waals surface area contributed by atoms with E-state index in [4.69, 9.17) is 11.6 Å². The Hall–Kier alpha value is -2.76. The van der Waals surface area contributed by atoms with E-state index in [2.05, 4.69) is 18.3 Å². The molecule has 0 aliphatic rings. The summed E-state index contributed by atoms with van der Waals surface area (Å²) in [6, 6.07) is 24.8. The second-order valence-corrected chi connectivity index (χ2v) is 10.1. The number of thioether (sulfide) groups is 1. The lowest BCUT2D eigenvalue weighted by Crippen LogP contribution is -2.51. The monoisotopic (exact) mass is 508 g/mol. The molecule has 1 atom stereocenters. The summed E-state index contributed by atoms with van der Waals surface area (Å²) in [4.78, 5) is 29.8. The second-order valence-electron chi connectivity index (χ2n) is 8.60. The minimum atomic E-state index is -0.604. The highest BCUT2D eigenvalue weighted by Gasteiger charge is 2.30. The van der Waals surface area contributed by atoms with E-state index in [9.17, 15) is 9.59 Å². The fourth-order valence-electron chi connectivity index (χ4n) is 3.83. The number of benzene rings is 3. The zero-order valence-corrected chi connectivity index (χ0v) is 21.9. The Morgan fingerprint density at radius 2 is 1.69 bits per heavy atom. The van der Waals surface area contributed by atoms with Crippen molar-refractivity contribution in [2.24, 2.45) is 0 Å². The molecule has 0 saturated carbocycles. The van der Waals surface area contributed by atoms with Gasteiger partial charge in [-0.3, -0.25) is 9.59 Å². The van der Waals surface area contributed by atoms with Gasteiger partial charge in [0.15, 0.2) is 0 Å². The van der Waals surface area contributed by atoms with Gasteiger partial charge in [0.2, 0.25) is 11.8 Å². The molecule has 0 aromatic heterocycles. The molecule has 35 heavy (non-hydrogen) atoms. The van der Waals surface area contributed by atoms with Gasteiger partial charge in [0.05, 0.1) is 5.75 Å². The third-order valence-electron chi connectivity index (χ3n) is 5.71. The summed E-state index contributed by atoms with van der Waals surface area (Å²) >= 11 is 7.46. The van der Waals surface area contributed by atoms with Gasteiger partial charge in [-0.15, -0.1) is 11.8 Å². The molecule has 0 heterocycles. The summed E-state index contributed by atoms with van der Waals surface area (Å²) in [5, 5.41) is 3.72. The number of hydrogen-bond acceptors (Lipinski definition) is 3. The molecule has 184 valence electrons. The number of hydrogen-bond donors (Lipinski definition) is 1. The average Bonchev–Trinajstić information content (AvgIpc) is 2.86. The maximum absolute atomic E-state index is 13.6. The molecule has 4 nitrogen and oxygen atoms in total. The summed E-state index contributed by atoms with van der Waals surface area (Å²) in [7, 11) is 0. The lowest BCUT2D eigenvalue weighted by atomic mass is 10.0. The van der Waals surface area contributed by atoms with Gasteiger partial charge in [0.1, 0.15) is 6.04 Å². The molecule has 3 rings (SSSR count). The molecule has 2 amide bonds. The summed E-state index contributed by atoms with van der Waals surface area (Å²) in [6.07, 6.45) is 2.36. The van der Waals surface area contributed by atoms with Crippen molar-refractivity contribution in [2.45, 2.75) is 50.6 Å². The third kappa shape index (κ3) is 8.75. The summed E-state index contributed by atoms with van der Waals surface area (Å²) in [5.41, 5.74) is 3.15. The van der Waals surface area contributed by atoms with Crippen LogP contribution in [-0.2, 0) is 22.6 Å². The smallest absolute Gasteiger partial charge is 0.243 e. The van der Waals surface area contributed by atoms with Gasteiger partial charge in [0.25, 0.3) is 0 Å². The third-order valence-corrected chi connectivity index (χ3v) is 6.96. The van der Waals surface area contributed by atoms with Crippen molar-refractivity contribution in [1.82, 2.24) is 10.2 Å². The van der Waals surface area contributed by atoms with Crippen LogP contribution in [0.1, 0.15) is 36.5 Å². The molecule has 3 aromatic carbocycles. The maximum Gasteiger partial charge on any atom is 0.243 e. The van der Waals surface area contributed by atoms with Crippen molar-refractivity contribution in [3.05, 3.63) is 101 Å². The van der Waals surface area contributed by atoms with Gasteiger partial charge >= 0.3 is 0 Å². The minimum Gasteiger partial charge on any atom is -0.354 e. The van der Waals surface area contributed by atoms with Gasteiger partial charge in [-0.2, -0.15) is 0 Å². The first-order chi connectivity index (χ1) is 17.0. The molecule has 0 aliphatic carbocycles. The number of halogens is 1. The van der Waals surface area contributed by atoms with Crippen molar-refractivity contribution in [1.29, 1.82) is 0 Å². The number of unbranched alkanes of at least 4 members (excludes halogenated alkanes) is 1. The molecule has 0 fully saturated rings. The minimum absolute atomic E-state index is 0.0713. The van der Waals surface area contributed by atoms with Crippen LogP contribution in [0.2, 0.25) is 5.02 Å². The zero-order valence-electron chi connectivity index (χ0n) is 20.4. The molecule has 0 radical (unpaired) electrons. The van der Waals surface area contributed by atoms with Gasteiger partial charge < -0.3 is 10.2 Å².